The molecule has 0 fully saturated rings. The topological polar surface area (TPSA) is 34.0 Å². The van der Waals surface area contributed by atoms with Crippen LogP contribution in [-0.4, -0.2) is 17.7 Å². The Hall–Kier alpha value is -1.94. The second kappa shape index (κ2) is 6.85. The van der Waals surface area contributed by atoms with Crippen molar-refractivity contribution < 1.29 is 4.39 Å². The van der Waals surface area contributed by atoms with Crippen molar-refractivity contribution in [3.8, 4) is 0 Å². The molecular formula is C15H17FN2O. The summed E-state index contributed by atoms with van der Waals surface area (Å²) < 4.78 is 14.6. The predicted molar refractivity (Wildman–Crippen MR) is 73.7 cm³/mol. The number of hydrogen-bond donors (Lipinski definition) is 1. The molecule has 2 rings (SSSR count). The van der Waals surface area contributed by atoms with Crippen LogP contribution < -0.4 is 10.9 Å². The van der Waals surface area contributed by atoms with Crippen LogP contribution in [0.25, 0.3) is 0 Å². The fourth-order valence-electron chi connectivity index (χ4n) is 1.90. The van der Waals surface area contributed by atoms with Crippen molar-refractivity contribution >= 4 is 0 Å². The van der Waals surface area contributed by atoms with Crippen LogP contribution in [0.1, 0.15) is 5.56 Å². The molecule has 4 heteroatoms. The smallest absolute Gasteiger partial charge is 0.250 e. The number of benzene rings is 1. The molecule has 0 unspecified atom stereocenters. The quantitative estimate of drug-likeness (QED) is 0.804. The van der Waals surface area contributed by atoms with E-state index in [1.54, 1.807) is 35.0 Å². The van der Waals surface area contributed by atoms with Gasteiger partial charge in [-0.05, 0) is 36.7 Å². The summed E-state index contributed by atoms with van der Waals surface area (Å²) in [4.78, 5) is 11.4. The summed E-state index contributed by atoms with van der Waals surface area (Å²) >= 11 is 0. The molecule has 0 radical (unpaired) electrons. The highest BCUT2D eigenvalue weighted by Gasteiger charge is 1.96. The highest BCUT2D eigenvalue weighted by molar-refractivity contribution is 5.16. The third kappa shape index (κ3) is 4.34. The minimum atomic E-state index is -0.201. The molecule has 2 aromatic rings. The summed E-state index contributed by atoms with van der Waals surface area (Å²) in [6.45, 7) is 2.13. The van der Waals surface area contributed by atoms with Gasteiger partial charge in [-0.15, -0.1) is 0 Å². The fourth-order valence-corrected chi connectivity index (χ4v) is 1.90. The standard InChI is InChI=1S/C15H17FN2O/c16-14-5-3-4-13(12-14)7-8-17-9-11-18-10-2-1-6-15(18)19/h1-6,10,12,17H,7-9,11H2. The molecule has 1 N–H and O–H groups in total. The number of halogens is 1. The summed E-state index contributed by atoms with van der Waals surface area (Å²) in [5.41, 5.74) is 0.985. The zero-order valence-electron chi connectivity index (χ0n) is 10.7. The second-order valence-corrected chi connectivity index (χ2v) is 4.36. The molecule has 3 nitrogen and oxygen atoms in total. The van der Waals surface area contributed by atoms with Crippen molar-refractivity contribution in [2.75, 3.05) is 13.1 Å². The average Bonchev–Trinajstić information content (AvgIpc) is 2.40. The Morgan fingerprint density at radius 2 is 2.00 bits per heavy atom. The van der Waals surface area contributed by atoms with E-state index in [9.17, 15) is 9.18 Å². The third-order valence-corrected chi connectivity index (χ3v) is 2.91. The lowest BCUT2D eigenvalue weighted by Gasteiger charge is -2.07. The van der Waals surface area contributed by atoms with Gasteiger partial charge in [0, 0.05) is 25.4 Å². The van der Waals surface area contributed by atoms with Gasteiger partial charge in [-0.2, -0.15) is 0 Å². The molecular weight excluding hydrogens is 243 g/mol. The number of pyridine rings is 1. The molecule has 0 amide bonds. The lowest BCUT2D eigenvalue weighted by Crippen LogP contribution is -2.27. The van der Waals surface area contributed by atoms with Gasteiger partial charge in [0.25, 0.3) is 5.56 Å². The number of hydrogen-bond acceptors (Lipinski definition) is 2. The van der Waals surface area contributed by atoms with E-state index < -0.39 is 0 Å². The molecule has 100 valence electrons. The van der Waals surface area contributed by atoms with Crippen molar-refractivity contribution in [3.63, 3.8) is 0 Å². The van der Waals surface area contributed by atoms with Gasteiger partial charge < -0.3 is 9.88 Å². The van der Waals surface area contributed by atoms with Gasteiger partial charge in [0.05, 0.1) is 0 Å². The van der Waals surface area contributed by atoms with Crippen LogP contribution in [0.4, 0.5) is 4.39 Å². The number of nitrogens with zero attached hydrogens (tertiary/aromatic N) is 1. The van der Waals surface area contributed by atoms with Crippen LogP contribution in [0.3, 0.4) is 0 Å². The number of rotatable bonds is 6. The maximum Gasteiger partial charge on any atom is 0.250 e. The molecule has 0 bridgehead atoms. The normalized spacial score (nSPS) is 10.6. The Morgan fingerprint density at radius 1 is 1.11 bits per heavy atom. The van der Waals surface area contributed by atoms with Crippen molar-refractivity contribution in [2.45, 2.75) is 13.0 Å². The number of nitrogens with one attached hydrogen (secondary N) is 1. The Kier molecular flexibility index (Phi) is 4.86. The zero-order valence-corrected chi connectivity index (χ0v) is 10.7. The van der Waals surface area contributed by atoms with E-state index in [1.165, 1.54) is 6.07 Å². The van der Waals surface area contributed by atoms with Crippen molar-refractivity contribution in [2.24, 2.45) is 0 Å². The van der Waals surface area contributed by atoms with Crippen LogP contribution >= 0.6 is 0 Å². The van der Waals surface area contributed by atoms with Crippen molar-refractivity contribution in [1.82, 2.24) is 9.88 Å². The molecule has 1 aromatic carbocycles. The van der Waals surface area contributed by atoms with Crippen molar-refractivity contribution in [3.05, 3.63) is 70.4 Å². The minimum Gasteiger partial charge on any atom is -0.315 e. The molecule has 0 atom stereocenters. The predicted octanol–water partition coefficient (Wildman–Crippen LogP) is 1.82. The van der Waals surface area contributed by atoms with Crippen LogP contribution in [0, 0.1) is 5.82 Å². The van der Waals surface area contributed by atoms with E-state index in [1.807, 2.05) is 12.1 Å². The first kappa shape index (κ1) is 13.5. The Labute approximate surface area is 111 Å². The first-order valence-corrected chi connectivity index (χ1v) is 6.36. The van der Waals surface area contributed by atoms with Gasteiger partial charge in [0.1, 0.15) is 5.82 Å². The average molecular weight is 260 g/mol. The van der Waals surface area contributed by atoms with E-state index in [0.717, 1.165) is 25.1 Å². The molecule has 0 saturated carbocycles. The van der Waals surface area contributed by atoms with E-state index in [4.69, 9.17) is 0 Å². The van der Waals surface area contributed by atoms with E-state index in [2.05, 4.69) is 5.32 Å². The van der Waals surface area contributed by atoms with Gasteiger partial charge in [-0.1, -0.05) is 18.2 Å². The lowest BCUT2D eigenvalue weighted by atomic mass is 10.1. The SMILES string of the molecule is O=c1ccccn1CCNCCc1cccc(F)c1. The first-order chi connectivity index (χ1) is 9.25. The third-order valence-electron chi connectivity index (χ3n) is 2.91. The van der Waals surface area contributed by atoms with Gasteiger partial charge in [0.15, 0.2) is 0 Å². The maximum absolute atomic E-state index is 12.9. The Morgan fingerprint density at radius 3 is 2.79 bits per heavy atom. The molecule has 0 aliphatic rings. The van der Waals surface area contributed by atoms with Crippen LogP contribution in [0.2, 0.25) is 0 Å². The monoisotopic (exact) mass is 260 g/mol. The van der Waals surface area contributed by atoms with E-state index >= 15 is 0 Å². The second-order valence-electron chi connectivity index (χ2n) is 4.36. The highest BCUT2D eigenvalue weighted by atomic mass is 19.1. The summed E-state index contributed by atoms with van der Waals surface area (Å²) in [5.74, 6) is -0.201. The highest BCUT2D eigenvalue weighted by Crippen LogP contribution is 2.03. The summed E-state index contributed by atoms with van der Waals surface area (Å²) in [5, 5.41) is 3.25. The zero-order chi connectivity index (χ0) is 13.5. The maximum atomic E-state index is 12.9. The number of aromatic nitrogens is 1. The summed E-state index contributed by atoms with van der Waals surface area (Å²) in [6, 6.07) is 11.7. The largest absolute Gasteiger partial charge is 0.315 e. The van der Waals surface area contributed by atoms with Gasteiger partial charge in [0.2, 0.25) is 0 Å². The van der Waals surface area contributed by atoms with Crippen LogP contribution in [0.5, 0.6) is 0 Å². The van der Waals surface area contributed by atoms with Crippen molar-refractivity contribution in [1.29, 1.82) is 0 Å². The van der Waals surface area contributed by atoms with Gasteiger partial charge >= 0.3 is 0 Å². The fraction of sp³-hybridized carbons (Fsp3) is 0.267. The van der Waals surface area contributed by atoms with Gasteiger partial charge in [-0.25, -0.2) is 4.39 Å². The lowest BCUT2D eigenvalue weighted by molar-refractivity contribution is 0.584. The Bertz CT molecular complexity index is 580. The van der Waals surface area contributed by atoms with Crippen LogP contribution in [-0.2, 0) is 13.0 Å². The minimum absolute atomic E-state index is 0.00873. The van der Waals surface area contributed by atoms with Crippen LogP contribution in [0.15, 0.2) is 53.5 Å². The molecule has 0 aliphatic carbocycles. The summed E-state index contributed by atoms with van der Waals surface area (Å²) in [7, 11) is 0. The molecule has 19 heavy (non-hydrogen) atoms. The van der Waals surface area contributed by atoms with E-state index in [0.29, 0.717) is 6.54 Å². The summed E-state index contributed by atoms with van der Waals surface area (Å²) in [6.07, 6.45) is 2.55. The molecule has 1 heterocycles. The molecule has 0 aliphatic heterocycles. The van der Waals surface area contributed by atoms with E-state index in [-0.39, 0.29) is 11.4 Å². The Balaban J connectivity index is 1.70. The van der Waals surface area contributed by atoms with Gasteiger partial charge in [-0.3, -0.25) is 4.79 Å². The molecule has 0 spiro atoms. The molecule has 1 aromatic heterocycles. The molecule has 0 saturated heterocycles. The first-order valence-electron chi connectivity index (χ1n) is 6.36.